The molecular formula is C10H14ClNO3S2. The smallest absolute Gasteiger partial charge is 0.252 e. The lowest BCUT2D eigenvalue weighted by Crippen LogP contribution is -2.65. The van der Waals surface area contributed by atoms with Gasteiger partial charge in [-0.2, -0.15) is 4.31 Å². The van der Waals surface area contributed by atoms with Gasteiger partial charge in [0.05, 0.1) is 9.94 Å². The van der Waals surface area contributed by atoms with Crippen LogP contribution in [0.25, 0.3) is 0 Å². The molecule has 1 fully saturated rings. The van der Waals surface area contributed by atoms with Crippen LogP contribution < -0.4 is 0 Å². The molecule has 1 aromatic rings. The van der Waals surface area contributed by atoms with Crippen LogP contribution >= 0.6 is 22.9 Å². The second kappa shape index (κ2) is 4.20. The molecule has 2 heterocycles. The summed E-state index contributed by atoms with van der Waals surface area (Å²) in [4.78, 5) is 0. The molecule has 1 aliphatic rings. The number of hydrogen-bond acceptors (Lipinski definition) is 4. The molecule has 0 aromatic carbocycles. The summed E-state index contributed by atoms with van der Waals surface area (Å²) in [5, 5.41) is 10.0. The molecule has 0 atom stereocenters. The topological polar surface area (TPSA) is 57.6 Å². The fourth-order valence-corrected chi connectivity index (χ4v) is 4.87. The van der Waals surface area contributed by atoms with Gasteiger partial charge in [0.15, 0.2) is 0 Å². The number of rotatable bonds is 3. The van der Waals surface area contributed by atoms with E-state index in [9.17, 15) is 13.5 Å². The number of β-amino-alcohol motifs (C(OH)–C–C–N with tert-alkyl or cyclic N) is 1. The Bertz CT molecular complexity index is 517. The highest BCUT2D eigenvalue weighted by Crippen LogP contribution is 2.35. The minimum absolute atomic E-state index is 0.0425. The van der Waals surface area contributed by atoms with Crippen LogP contribution in [0.2, 0.25) is 4.34 Å². The SMILES string of the molecule is CC(C)C1(O)CN(S(=O)(=O)c2ccc(Cl)s2)C1. The monoisotopic (exact) mass is 295 g/mol. The van der Waals surface area contributed by atoms with Gasteiger partial charge in [-0.1, -0.05) is 25.4 Å². The van der Waals surface area contributed by atoms with E-state index in [1.807, 2.05) is 13.8 Å². The van der Waals surface area contributed by atoms with Crippen LogP contribution in [0, 0.1) is 5.92 Å². The summed E-state index contributed by atoms with van der Waals surface area (Å²) in [5.74, 6) is 0.0425. The quantitative estimate of drug-likeness (QED) is 0.925. The van der Waals surface area contributed by atoms with E-state index in [0.717, 1.165) is 11.3 Å². The zero-order valence-corrected chi connectivity index (χ0v) is 11.9. The third-order valence-electron chi connectivity index (χ3n) is 3.12. The molecule has 0 saturated carbocycles. The number of halogens is 1. The van der Waals surface area contributed by atoms with Crippen molar-refractivity contribution in [3.63, 3.8) is 0 Å². The molecular weight excluding hydrogens is 282 g/mol. The first-order valence-electron chi connectivity index (χ1n) is 5.23. The zero-order chi connectivity index (χ0) is 12.8. The van der Waals surface area contributed by atoms with Gasteiger partial charge in [0, 0.05) is 13.1 Å². The van der Waals surface area contributed by atoms with Crippen molar-refractivity contribution in [1.29, 1.82) is 0 Å². The van der Waals surface area contributed by atoms with Crippen molar-refractivity contribution in [1.82, 2.24) is 4.31 Å². The van der Waals surface area contributed by atoms with Gasteiger partial charge in [0.25, 0.3) is 10.0 Å². The maximum atomic E-state index is 12.1. The number of aliphatic hydroxyl groups is 1. The van der Waals surface area contributed by atoms with E-state index in [4.69, 9.17) is 11.6 Å². The van der Waals surface area contributed by atoms with Crippen LogP contribution in [-0.2, 0) is 10.0 Å². The molecule has 7 heteroatoms. The van der Waals surface area contributed by atoms with Gasteiger partial charge in [-0.05, 0) is 18.1 Å². The van der Waals surface area contributed by atoms with E-state index in [-0.39, 0.29) is 23.2 Å². The van der Waals surface area contributed by atoms with E-state index in [0.29, 0.717) is 4.34 Å². The summed E-state index contributed by atoms with van der Waals surface area (Å²) >= 11 is 6.76. The van der Waals surface area contributed by atoms with Gasteiger partial charge in [0.1, 0.15) is 4.21 Å². The number of thiophene rings is 1. The lowest BCUT2D eigenvalue weighted by atomic mass is 9.85. The van der Waals surface area contributed by atoms with Gasteiger partial charge in [-0.25, -0.2) is 8.42 Å². The Morgan fingerprint density at radius 1 is 1.47 bits per heavy atom. The largest absolute Gasteiger partial charge is 0.387 e. The highest BCUT2D eigenvalue weighted by Gasteiger charge is 2.49. The molecule has 1 aliphatic heterocycles. The van der Waals surface area contributed by atoms with E-state index in [1.54, 1.807) is 6.07 Å². The van der Waals surface area contributed by atoms with Gasteiger partial charge in [-0.3, -0.25) is 0 Å². The Hall–Kier alpha value is -0.140. The van der Waals surface area contributed by atoms with Crippen LogP contribution in [0.3, 0.4) is 0 Å². The summed E-state index contributed by atoms with van der Waals surface area (Å²) in [6.45, 7) is 4.07. The molecule has 0 spiro atoms. The summed E-state index contributed by atoms with van der Waals surface area (Å²) in [6.07, 6.45) is 0. The van der Waals surface area contributed by atoms with Crippen LogP contribution in [0.1, 0.15) is 13.8 Å². The van der Waals surface area contributed by atoms with Crippen molar-refractivity contribution >= 4 is 33.0 Å². The third-order valence-corrected chi connectivity index (χ3v) is 6.61. The molecule has 1 N–H and O–H groups in total. The maximum Gasteiger partial charge on any atom is 0.252 e. The van der Waals surface area contributed by atoms with Crippen LogP contribution in [0.4, 0.5) is 0 Å². The predicted octanol–water partition coefficient (Wildman–Crippen LogP) is 1.79. The molecule has 0 unspecified atom stereocenters. The van der Waals surface area contributed by atoms with E-state index in [2.05, 4.69) is 0 Å². The molecule has 0 amide bonds. The first-order chi connectivity index (χ1) is 7.75. The van der Waals surface area contributed by atoms with Gasteiger partial charge < -0.3 is 5.11 Å². The average Bonchev–Trinajstić information content (AvgIpc) is 2.60. The van der Waals surface area contributed by atoms with Crippen molar-refractivity contribution in [2.75, 3.05) is 13.1 Å². The number of nitrogens with zero attached hydrogens (tertiary/aromatic N) is 1. The van der Waals surface area contributed by atoms with E-state index < -0.39 is 15.6 Å². The highest BCUT2D eigenvalue weighted by atomic mass is 35.5. The standard InChI is InChI=1S/C10H14ClNO3S2/c1-7(2)10(13)5-12(6-10)17(14,15)9-4-3-8(11)16-9/h3-4,7,13H,5-6H2,1-2H3. The predicted molar refractivity (Wildman–Crippen MR) is 67.9 cm³/mol. The normalized spacial score (nSPS) is 20.5. The number of sulfonamides is 1. The van der Waals surface area contributed by atoms with Crippen molar-refractivity contribution in [3.8, 4) is 0 Å². The first kappa shape index (κ1) is 13.3. The van der Waals surface area contributed by atoms with E-state index in [1.165, 1.54) is 10.4 Å². The highest BCUT2D eigenvalue weighted by molar-refractivity contribution is 7.91. The third kappa shape index (κ3) is 2.24. The Balaban J connectivity index is 2.16. The molecule has 1 aromatic heterocycles. The molecule has 2 rings (SSSR count). The second-order valence-corrected chi connectivity index (χ2v) is 8.47. The fourth-order valence-electron chi connectivity index (χ4n) is 1.66. The Kier molecular flexibility index (Phi) is 3.29. The molecule has 4 nitrogen and oxygen atoms in total. The molecule has 0 bridgehead atoms. The van der Waals surface area contributed by atoms with Crippen LogP contribution in [0.5, 0.6) is 0 Å². The summed E-state index contributed by atoms with van der Waals surface area (Å²) in [5.41, 5.74) is -0.895. The van der Waals surface area contributed by atoms with Crippen molar-refractivity contribution in [2.24, 2.45) is 5.92 Å². The van der Waals surface area contributed by atoms with Crippen molar-refractivity contribution in [3.05, 3.63) is 16.5 Å². The van der Waals surface area contributed by atoms with Gasteiger partial charge in [-0.15, -0.1) is 11.3 Å². The van der Waals surface area contributed by atoms with E-state index >= 15 is 0 Å². The van der Waals surface area contributed by atoms with Crippen molar-refractivity contribution < 1.29 is 13.5 Å². The summed E-state index contributed by atoms with van der Waals surface area (Å²) < 4.78 is 26.2. The maximum absolute atomic E-state index is 12.1. The average molecular weight is 296 g/mol. The minimum atomic E-state index is -3.48. The van der Waals surface area contributed by atoms with Crippen LogP contribution in [0.15, 0.2) is 16.3 Å². The summed E-state index contributed by atoms with van der Waals surface area (Å²) in [7, 11) is -3.48. The Morgan fingerprint density at radius 3 is 2.47 bits per heavy atom. The molecule has 17 heavy (non-hydrogen) atoms. The fraction of sp³-hybridized carbons (Fsp3) is 0.600. The minimum Gasteiger partial charge on any atom is -0.387 e. The number of hydrogen-bond donors (Lipinski definition) is 1. The molecule has 0 aliphatic carbocycles. The molecule has 96 valence electrons. The lowest BCUT2D eigenvalue weighted by Gasteiger charge is -2.47. The zero-order valence-electron chi connectivity index (χ0n) is 9.55. The second-order valence-electron chi connectivity index (χ2n) is 4.59. The lowest BCUT2D eigenvalue weighted by molar-refractivity contribution is -0.0931. The van der Waals surface area contributed by atoms with Crippen molar-refractivity contribution in [2.45, 2.75) is 23.7 Å². The Morgan fingerprint density at radius 2 is 2.06 bits per heavy atom. The molecule has 1 saturated heterocycles. The molecule has 0 radical (unpaired) electrons. The van der Waals surface area contributed by atoms with Crippen LogP contribution in [-0.4, -0.2) is 36.5 Å². The van der Waals surface area contributed by atoms with Gasteiger partial charge in [0.2, 0.25) is 0 Å². The summed E-state index contributed by atoms with van der Waals surface area (Å²) in [6, 6.07) is 3.06. The first-order valence-corrected chi connectivity index (χ1v) is 7.87. The van der Waals surface area contributed by atoms with Gasteiger partial charge >= 0.3 is 0 Å². The Labute approximate surface area is 110 Å².